The molecule has 0 fully saturated rings. The minimum absolute atomic E-state index is 0.0800. The van der Waals surface area contributed by atoms with Gasteiger partial charge in [0.1, 0.15) is 6.42 Å². The molecule has 2 nitrogen and oxygen atoms in total. The Bertz CT molecular complexity index is 259. The number of halogens is 9. The molecule has 0 rings (SSSR count). The zero-order valence-corrected chi connectivity index (χ0v) is 7.93. The van der Waals surface area contributed by atoms with Crippen LogP contribution in [0.15, 0.2) is 0 Å². The summed E-state index contributed by atoms with van der Waals surface area (Å²) in [5, 5.41) is 0. The molecule has 0 bridgehead atoms. The van der Waals surface area contributed by atoms with E-state index in [1.807, 2.05) is 4.74 Å². The van der Waals surface area contributed by atoms with E-state index >= 15 is 0 Å². The van der Waals surface area contributed by atoms with Gasteiger partial charge in [0.2, 0.25) is 0 Å². The SMILES string of the molecule is COC(F)(F)C(F)(F)CC(F)(F)OC(F)(F)F. The molecule has 0 saturated heterocycles. The summed E-state index contributed by atoms with van der Waals surface area (Å²) in [6, 6.07) is 0. The van der Waals surface area contributed by atoms with Crippen LogP contribution in [0, 0.1) is 0 Å². The van der Waals surface area contributed by atoms with Crippen LogP contribution < -0.4 is 0 Å². The van der Waals surface area contributed by atoms with E-state index in [0.29, 0.717) is 0 Å². The highest BCUT2D eigenvalue weighted by Gasteiger charge is 2.63. The molecule has 0 unspecified atom stereocenters. The smallest absolute Gasteiger partial charge is 0.319 e. The molecule has 0 amide bonds. The van der Waals surface area contributed by atoms with Crippen molar-refractivity contribution >= 4 is 0 Å². The molecule has 0 atom stereocenters. The monoisotopic (exact) mass is 280 g/mol. The molecule has 0 N–H and O–H groups in total. The zero-order chi connectivity index (χ0) is 14.1. The van der Waals surface area contributed by atoms with Crippen LogP contribution >= 0.6 is 0 Å². The summed E-state index contributed by atoms with van der Waals surface area (Å²) in [7, 11) is 0.0800. The van der Waals surface area contributed by atoms with E-state index in [0.717, 1.165) is 0 Å². The summed E-state index contributed by atoms with van der Waals surface area (Å²) < 4.78 is 113. The molecule has 0 aliphatic heterocycles. The van der Waals surface area contributed by atoms with E-state index in [-0.39, 0.29) is 7.11 Å². The Morgan fingerprint density at radius 2 is 1.24 bits per heavy atom. The fourth-order valence-corrected chi connectivity index (χ4v) is 0.716. The number of hydrogen-bond donors (Lipinski definition) is 0. The van der Waals surface area contributed by atoms with Crippen molar-refractivity contribution in [2.75, 3.05) is 7.11 Å². The van der Waals surface area contributed by atoms with Crippen LogP contribution in [-0.4, -0.2) is 31.6 Å². The first-order valence-electron chi connectivity index (χ1n) is 3.68. The zero-order valence-electron chi connectivity index (χ0n) is 7.93. The quantitative estimate of drug-likeness (QED) is 0.719. The summed E-state index contributed by atoms with van der Waals surface area (Å²) in [6.07, 6.45) is -20.0. The molecule has 0 heterocycles. The molecule has 17 heavy (non-hydrogen) atoms. The first-order valence-corrected chi connectivity index (χ1v) is 3.68. The lowest BCUT2D eigenvalue weighted by molar-refractivity contribution is -0.445. The summed E-state index contributed by atoms with van der Waals surface area (Å²) in [5.74, 6) is -5.53. The largest absolute Gasteiger partial charge is 0.527 e. The first kappa shape index (κ1) is 16.3. The fraction of sp³-hybridized carbons (Fsp3) is 1.00. The second-order valence-corrected chi connectivity index (χ2v) is 2.79. The summed E-state index contributed by atoms with van der Waals surface area (Å²) in [6.45, 7) is 0. The van der Waals surface area contributed by atoms with E-state index in [1.54, 1.807) is 0 Å². The molecule has 0 aliphatic rings. The van der Waals surface area contributed by atoms with Crippen molar-refractivity contribution in [3.8, 4) is 0 Å². The third kappa shape index (κ3) is 4.98. The number of hydrogen-bond acceptors (Lipinski definition) is 2. The Morgan fingerprint density at radius 1 is 0.824 bits per heavy atom. The average Bonchev–Trinajstić information content (AvgIpc) is 1.96. The van der Waals surface area contributed by atoms with Gasteiger partial charge in [-0.15, -0.1) is 13.2 Å². The minimum Gasteiger partial charge on any atom is -0.319 e. The van der Waals surface area contributed by atoms with Crippen molar-refractivity contribution in [1.82, 2.24) is 0 Å². The summed E-state index contributed by atoms with van der Waals surface area (Å²) in [4.78, 5) is 0. The Balaban J connectivity index is 4.82. The fourth-order valence-electron chi connectivity index (χ4n) is 0.716. The normalized spacial score (nSPS) is 15.2. The lowest BCUT2D eigenvalue weighted by Crippen LogP contribution is -2.47. The van der Waals surface area contributed by atoms with Gasteiger partial charge in [-0.25, -0.2) is 4.74 Å². The highest BCUT2D eigenvalue weighted by Crippen LogP contribution is 2.44. The average molecular weight is 280 g/mol. The van der Waals surface area contributed by atoms with Gasteiger partial charge in [-0.3, -0.25) is 0 Å². The maximum absolute atomic E-state index is 12.5. The van der Waals surface area contributed by atoms with Crippen molar-refractivity contribution in [1.29, 1.82) is 0 Å². The highest BCUT2D eigenvalue weighted by atomic mass is 19.4. The van der Waals surface area contributed by atoms with Crippen molar-refractivity contribution in [3.63, 3.8) is 0 Å². The van der Waals surface area contributed by atoms with E-state index in [4.69, 9.17) is 0 Å². The third-order valence-corrected chi connectivity index (χ3v) is 1.38. The molecular formula is C6H5F9O2. The standard InChI is InChI=1S/C6H5F9O2/c1-16-5(11,12)3(7,8)2-4(9,10)17-6(13,14)15/h2H2,1H3. The lowest BCUT2D eigenvalue weighted by atomic mass is 10.2. The van der Waals surface area contributed by atoms with Crippen LogP contribution in [0.4, 0.5) is 39.5 Å². The van der Waals surface area contributed by atoms with Crippen molar-refractivity contribution < 1.29 is 49.0 Å². The Labute approximate surface area is 88.3 Å². The highest BCUT2D eigenvalue weighted by molar-refractivity contribution is 4.80. The van der Waals surface area contributed by atoms with E-state index < -0.39 is 30.9 Å². The molecule has 0 aromatic rings. The molecule has 0 radical (unpaired) electrons. The van der Waals surface area contributed by atoms with Gasteiger partial charge in [-0.1, -0.05) is 0 Å². The van der Waals surface area contributed by atoms with Gasteiger partial charge in [0.25, 0.3) is 0 Å². The molecule has 11 heteroatoms. The van der Waals surface area contributed by atoms with Gasteiger partial charge < -0.3 is 4.74 Å². The number of ether oxygens (including phenoxy) is 2. The van der Waals surface area contributed by atoms with Gasteiger partial charge in [-0.05, 0) is 0 Å². The second kappa shape index (κ2) is 4.52. The van der Waals surface area contributed by atoms with Gasteiger partial charge in [0.05, 0.1) is 0 Å². The summed E-state index contributed by atoms with van der Waals surface area (Å²) in [5.41, 5.74) is 0. The van der Waals surface area contributed by atoms with E-state index in [1.165, 1.54) is 0 Å². The molecule has 0 aliphatic carbocycles. The summed E-state index contributed by atoms with van der Waals surface area (Å²) >= 11 is 0. The predicted octanol–water partition coefficient (Wildman–Crippen LogP) is 3.38. The van der Waals surface area contributed by atoms with Gasteiger partial charge in [0.15, 0.2) is 0 Å². The van der Waals surface area contributed by atoms with Gasteiger partial charge >= 0.3 is 24.5 Å². The Morgan fingerprint density at radius 3 is 1.53 bits per heavy atom. The topological polar surface area (TPSA) is 18.5 Å². The van der Waals surface area contributed by atoms with Crippen molar-refractivity contribution in [2.45, 2.75) is 30.9 Å². The van der Waals surface area contributed by atoms with Crippen LogP contribution in [0.1, 0.15) is 6.42 Å². The second-order valence-electron chi connectivity index (χ2n) is 2.79. The van der Waals surface area contributed by atoms with Gasteiger partial charge in [0, 0.05) is 7.11 Å². The Hall–Kier alpha value is -0.710. The minimum atomic E-state index is -5.94. The van der Waals surface area contributed by atoms with Crippen LogP contribution in [0.25, 0.3) is 0 Å². The third-order valence-electron chi connectivity index (χ3n) is 1.38. The first-order chi connectivity index (χ1) is 7.22. The molecule has 0 spiro atoms. The van der Waals surface area contributed by atoms with Crippen LogP contribution in [0.3, 0.4) is 0 Å². The number of alkyl halides is 9. The van der Waals surface area contributed by atoms with E-state index in [9.17, 15) is 39.5 Å². The van der Waals surface area contributed by atoms with Crippen LogP contribution in [0.2, 0.25) is 0 Å². The molecule has 0 aromatic carbocycles. The van der Waals surface area contributed by atoms with Crippen molar-refractivity contribution in [2.24, 2.45) is 0 Å². The van der Waals surface area contributed by atoms with Crippen molar-refractivity contribution in [3.05, 3.63) is 0 Å². The molecular weight excluding hydrogens is 275 g/mol. The van der Waals surface area contributed by atoms with Crippen LogP contribution in [0.5, 0.6) is 0 Å². The number of rotatable bonds is 5. The maximum atomic E-state index is 12.5. The van der Waals surface area contributed by atoms with E-state index in [2.05, 4.69) is 4.74 Å². The number of methoxy groups -OCH3 is 1. The molecule has 104 valence electrons. The van der Waals surface area contributed by atoms with Crippen LogP contribution in [-0.2, 0) is 9.47 Å². The molecule has 0 aromatic heterocycles. The van der Waals surface area contributed by atoms with Gasteiger partial charge in [-0.2, -0.15) is 26.3 Å². The Kier molecular flexibility index (Phi) is 4.33. The maximum Gasteiger partial charge on any atom is 0.527 e. The predicted molar refractivity (Wildman–Crippen MR) is 33.6 cm³/mol. The molecule has 0 saturated carbocycles. The lowest BCUT2D eigenvalue weighted by Gasteiger charge is -2.28.